The molecule has 0 N–H and O–H groups in total. The van der Waals surface area contributed by atoms with Gasteiger partial charge in [0.25, 0.3) is 0 Å². The van der Waals surface area contributed by atoms with Crippen molar-refractivity contribution in [1.82, 2.24) is 9.91 Å². The van der Waals surface area contributed by atoms with E-state index in [2.05, 4.69) is 10.0 Å². The Labute approximate surface area is 167 Å². The van der Waals surface area contributed by atoms with Gasteiger partial charge >= 0.3 is 0 Å². The molecule has 0 radical (unpaired) electrons. The first kappa shape index (κ1) is 19.2. The molecule has 1 heterocycles. The van der Waals surface area contributed by atoms with Gasteiger partial charge in [-0.3, -0.25) is 9.59 Å². The highest BCUT2D eigenvalue weighted by Crippen LogP contribution is 2.32. The highest BCUT2D eigenvalue weighted by Gasteiger charge is 2.34. The van der Waals surface area contributed by atoms with Gasteiger partial charge in [-0.1, -0.05) is 56.0 Å². The molecule has 28 heavy (non-hydrogen) atoms. The van der Waals surface area contributed by atoms with E-state index in [9.17, 15) is 9.59 Å². The van der Waals surface area contributed by atoms with E-state index in [0.29, 0.717) is 25.0 Å². The molecular weight excluding hydrogens is 350 g/mol. The Morgan fingerprint density at radius 2 is 1.54 bits per heavy atom. The lowest BCUT2D eigenvalue weighted by atomic mass is 10.1. The molecule has 2 aliphatic carbocycles. The summed E-state index contributed by atoms with van der Waals surface area (Å²) in [7, 11) is 0. The average Bonchev–Trinajstić information content (AvgIpc) is 3.50. The minimum atomic E-state index is -0.0305. The molecule has 2 amide bonds. The van der Waals surface area contributed by atoms with Gasteiger partial charge in [-0.25, -0.2) is 5.01 Å². The predicted molar refractivity (Wildman–Crippen MR) is 110 cm³/mol. The zero-order valence-electron chi connectivity index (χ0n) is 16.7. The van der Waals surface area contributed by atoms with Gasteiger partial charge in [-0.05, 0) is 31.2 Å². The Bertz CT molecular complexity index is 703. The molecule has 1 aromatic rings. The largest absolute Gasteiger partial charge is 0.337 e. The van der Waals surface area contributed by atoms with Crippen LogP contribution in [-0.2, 0) is 9.59 Å². The number of carbonyl (C=O) groups is 2. The number of carbonyl (C=O) groups excluding carboxylic acids is 2. The Kier molecular flexibility index (Phi) is 6.08. The van der Waals surface area contributed by atoms with Crippen molar-refractivity contribution in [2.24, 2.45) is 5.10 Å². The second-order valence-electron chi connectivity index (χ2n) is 8.36. The zero-order chi connectivity index (χ0) is 19.3. The highest BCUT2D eigenvalue weighted by molar-refractivity contribution is 6.02. The maximum absolute atomic E-state index is 13.0. The zero-order valence-corrected chi connectivity index (χ0v) is 16.7. The molecule has 150 valence electrons. The topological polar surface area (TPSA) is 53.0 Å². The van der Waals surface area contributed by atoms with Crippen LogP contribution in [0.4, 0.5) is 0 Å². The van der Waals surface area contributed by atoms with Crippen LogP contribution in [0.15, 0.2) is 35.4 Å². The number of amides is 2. The van der Waals surface area contributed by atoms with Crippen LogP contribution in [-0.4, -0.2) is 46.1 Å². The number of nitrogens with zero attached hydrogens (tertiary/aromatic N) is 3. The Morgan fingerprint density at radius 1 is 0.929 bits per heavy atom. The van der Waals surface area contributed by atoms with Gasteiger partial charge in [0.05, 0.1) is 12.3 Å². The molecule has 4 rings (SSSR count). The van der Waals surface area contributed by atoms with Crippen LogP contribution < -0.4 is 0 Å². The van der Waals surface area contributed by atoms with Crippen LogP contribution in [0.2, 0.25) is 0 Å². The molecule has 0 spiro atoms. The van der Waals surface area contributed by atoms with Crippen molar-refractivity contribution in [2.45, 2.75) is 82.7 Å². The summed E-state index contributed by atoms with van der Waals surface area (Å²) in [5.41, 5.74) is 2.03. The maximum atomic E-state index is 13.0. The first-order chi connectivity index (χ1) is 13.7. The van der Waals surface area contributed by atoms with Crippen LogP contribution in [0.5, 0.6) is 0 Å². The van der Waals surface area contributed by atoms with Crippen molar-refractivity contribution in [2.75, 3.05) is 6.54 Å². The number of rotatable bonds is 6. The lowest BCUT2D eigenvalue weighted by Crippen LogP contribution is -2.45. The van der Waals surface area contributed by atoms with Crippen molar-refractivity contribution in [3.8, 4) is 0 Å². The second-order valence-corrected chi connectivity index (χ2v) is 8.36. The fourth-order valence-electron chi connectivity index (χ4n) is 5.01. The summed E-state index contributed by atoms with van der Waals surface area (Å²) in [6.45, 7) is 0.617. The SMILES string of the molecule is O=C(CCC(=O)N(C1CCCC1)C1CCCC1)N1CCC(c2ccccc2)=N1. The average molecular weight is 382 g/mol. The van der Waals surface area contributed by atoms with Gasteiger partial charge in [-0.15, -0.1) is 0 Å². The predicted octanol–water partition coefficient (Wildman–Crippen LogP) is 4.12. The summed E-state index contributed by atoms with van der Waals surface area (Å²) < 4.78 is 0. The van der Waals surface area contributed by atoms with Crippen molar-refractivity contribution in [1.29, 1.82) is 0 Å². The molecule has 2 fully saturated rings. The molecule has 2 saturated carbocycles. The van der Waals surface area contributed by atoms with E-state index in [1.807, 2.05) is 30.3 Å². The maximum Gasteiger partial charge on any atom is 0.243 e. The molecule has 0 aromatic heterocycles. The summed E-state index contributed by atoms with van der Waals surface area (Å²) in [5, 5.41) is 6.07. The van der Waals surface area contributed by atoms with E-state index in [1.54, 1.807) is 5.01 Å². The molecule has 5 nitrogen and oxygen atoms in total. The highest BCUT2D eigenvalue weighted by atomic mass is 16.2. The molecule has 0 bridgehead atoms. The summed E-state index contributed by atoms with van der Waals surface area (Å²) >= 11 is 0. The fourth-order valence-corrected chi connectivity index (χ4v) is 5.01. The smallest absolute Gasteiger partial charge is 0.243 e. The third-order valence-corrected chi connectivity index (χ3v) is 6.47. The van der Waals surface area contributed by atoms with E-state index in [4.69, 9.17) is 0 Å². The van der Waals surface area contributed by atoms with E-state index in [1.165, 1.54) is 25.7 Å². The molecule has 1 aliphatic heterocycles. The summed E-state index contributed by atoms with van der Waals surface area (Å²) in [6, 6.07) is 10.8. The lowest BCUT2D eigenvalue weighted by Gasteiger charge is -2.35. The minimum Gasteiger partial charge on any atom is -0.337 e. The number of benzene rings is 1. The third kappa shape index (κ3) is 4.29. The molecular formula is C23H31N3O2. The van der Waals surface area contributed by atoms with E-state index in [0.717, 1.165) is 43.4 Å². The molecule has 3 aliphatic rings. The van der Waals surface area contributed by atoms with Gasteiger partial charge in [0.1, 0.15) is 0 Å². The summed E-state index contributed by atoms with van der Waals surface area (Å²) in [4.78, 5) is 27.9. The Hall–Kier alpha value is -2.17. The quantitative estimate of drug-likeness (QED) is 0.744. The summed E-state index contributed by atoms with van der Waals surface area (Å²) in [6.07, 6.45) is 10.8. The van der Waals surface area contributed by atoms with Gasteiger partial charge in [0, 0.05) is 31.3 Å². The molecule has 0 unspecified atom stereocenters. The standard InChI is InChI=1S/C23H31N3O2/c27-22(25-17-16-21(24-25)18-8-2-1-3-9-18)14-15-23(28)26(19-10-4-5-11-19)20-12-6-7-13-20/h1-3,8-9,19-20H,4-7,10-17H2. The minimum absolute atomic E-state index is 0.0305. The third-order valence-electron chi connectivity index (χ3n) is 6.47. The van der Waals surface area contributed by atoms with E-state index >= 15 is 0 Å². The van der Waals surface area contributed by atoms with Gasteiger partial charge in [-0.2, -0.15) is 5.10 Å². The van der Waals surface area contributed by atoms with Crippen molar-refractivity contribution in [3.63, 3.8) is 0 Å². The first-order valence-electron chi connectivity index (χ1n) is 11.0. The molecule has 0 saturated heterocycles. The van der Waals surface area contributed by atoms with Crippen LogP contribution in [0.25, 0.3) is 0 Å². The van der Waals surface area contributed by atoms with E-state index < -0.39 is 0 Å². The Balaban J connectivity index is 1.34. The normalized spacial score (nSPS) is 20.6. The molecule has 1 aromatic carbocycles. The first-order valence-corrected chi connectivity index (χ1v) is 11.0. The van der Waals surface area contributed by atoms with Crippen LogP contribution in [0.1, 0.15) is 76.2 Å². The monoisotopic (exact) mass is 381 g/mol. The van der Waals surface area contributed by atoms with Gasteiger partial charge < -0.3 is 4.90 Å². The molecule has 0 atom stereocenters. The van der Waals surface area contributed by atoms with Crippen LogP contribution >= 0.6 is 0 Å². The molecule has 5 heteroatoms. The van der Waals surface area contributed by atoms with E-state index in [-0.39, 0.29) is 18.2 Å². The fraction of sp³-hybridized carbons (Fsp3) is 0.609. The van der Waals surface area contributed by atoms with Crippen molar-refractivity contribution >= 4 is 17.5 Å². The van der Waals surface area contributed by atoms with Crippen LogP contribution in [0, 0.1) is 0 Å². The Morgan fingerprint density at radius 3 is 2.14 bits per heavy atom. The number of hydrazone groups is 1. The summed E-state index contributed by atoms with van der Waals surface area (Å²) in [5.74, 6) is 0.149. The second kappa shape index (κ2) is 8.89. The van der Waals surface area contributed by atoms with Gasteiger partial charge in [0.2, 0.25) is 11.8 Å². The van der Waals surface area contributed by atoms with Crippen molar-refractivity contribution < 1.29 is 9.59 Å². The van der Waals surface area contributed by atoms with Crippen LogP contribution in [0.3, 0.4) is 0 Å². The number of hydrogen-bond donors (Lipinski definition) is 0. The van der Waals surface area contributed by atoms with Gasteiger partial charge in [0.15, 0.2) is 0 Å². The lowest BCUT2D eigenvalue weighted by molar-refractivity contribution is -0.140. The van der Waals surface area contributed by atoms with Crippen molar-refractivity contribution in [3.05, 3.63) is 35.9 Å². The number of hydrogen-bond acceptors (Lipinski definition) is 3.